The number of hydrogen-bond acceptors (Lipinski definition) is 5. The van der Waals surface area contributed by atoms with Crippen molar-refractivity contribution in [3.8, 4) is 5.75 Å². The van der Waals surface area contributed by atoms with Gasteiger partial charge in [-0.15, -0.1) is 0 Å². The van der Waals surface area contributed by atoms with Gasteiger partial charge in [0.1, 0.15) is 12.3 Å². The Kier molecular flexibility index (Phi) is 7.21. The zero-order valence-corrected chi connectivity index (χ0v) is 19.6. The maximum absolute atomic E-state index is 12.8. The number of anilines is 1. The third kappa shape index (κ3) is 5.85. The monoisotopic (exact) mass is 491 g/mol. The van der Waals surface area contributed by atoms with Crippen LogP contribution in [0, 0.1) is 0 Å². The molecule has 8 nitrogen and oxygen atoms in total. The molecule has 0 atom stereocenters. The summed E-state index contributed by atoms with van der Waals surface area (Å²) in [6, 6.07) is 11.6. The lowest BCUT2D eigenvalue weighted by molar-refractivity contribution is -0.125. The number of fused-ring (bicyclic) bond motifs is 1. The van der Waals surface area contributed by atoms with Gasteiger partial charge >= 0.3 is 0 Å². The first-order valence-electron chi connectivity index (χ1n) is 10.9. The Morgan fingerprint density at radius 1 is 1.12 bits per heavy atom. The van der Waals surface area contributed by atoms with Crippen LogP contribution in [0.5, 0.6) is 5.75 Å². The van der Waals surface area contributed by atoms with E-state index in [4.69, 9.17) is 16.3 Å². The van der Waals surface area contributed by atoms with Crippen LogP contribution in [0.2, 0.25) is 5.02 Å². The highest BCUT2D eigenvalue weighted by Gasteiger charge is 2.30. The summed E-state index contributed by atoms with van der Waals surface area (Å²) in [5.41, 5.74) is 1.30. The highest BCUT2D eigenvalue weighted by molar-refractivity contribution is 7.89. The molecular formula is C23H26ClN3O5S. The summed E-state index contributed by atoms with van der Waals surface area (Å²) in [5.74, 6) is -0.389. The van der Waals surface area contributed by atoms with Crippen LogP contribution in [0.4, 0.5) is 5.69 Å². The quantitative estimate of drug-likeness (QED) is 0.590. The van der Waals surface area contributed by atoms with Gasteiger partial charge in [-0.05, 0) is 55.2 Å². The summed E-state index contributed by atoms with van der Waals surface area (Å²) < 4.78 is 33.9. The first-order chi connectivity index (χ1) is 15.8. The lowest BCUT2D eigenvalue weighted by Gasteiger charge is -2.29. The van der Waals surface area contributed by atoms with E-state index in [9.17, 15) is 18.0 Å². The fraction of sp³-hybridized carbons (Fsp3) is 0.391. The van der Waals surface area contributed by atoms with Crippen LogP contribution in [0.15, 0.2) is 47.4 Å². The topological polar surface area (TPSA) is 105 Å². The van der Waals surface area contributed by atoms with Crippen LogP contribution in [0.1, 0.15) is 31.2 Å². The average Bonchev–Trinajstić information content (AvgIpc) is 3.29. The van der Waals surface area contributed by atoms with Gasteiger partial charge in [0, 0.05) is 17.6 Å². The van der Waals surface area contributed by atoms with E-state index in [1.807, 2.05) is 12.1 Å². The molecule has 0 spiro atoms. The Labute approximate surface area is 198 Å². The number of halogens is 1. The van der Waals surface area contributed by atoms with Gasteiger partial charge in [0.25, 0.3) is 5.91 Å². The Morgan fingerprint density at radius 3 is 2.58 bits per heavy atom. The largest absolute Gasteiger partial charge is 0.482 e. The van der Waals surface area contributed by atoms with Gasteiger partial charge in [-0.2, -0.15) is 0 Å². The number of ether oxygens (including phenoxy) is 1. The molecule has 0 unspecified atom stereocenters. The molecule has 2 aromatic rings. The van der Waals surface area contributed by atoms with Crippen molar-refractivity contribution in [3.05, 3.63) is 53.1 Å². The van der Waals surface area contributed by atoms with Crippen molar-refractivity contribution < 1.29 is 22.7 Å². The van der Waals surface area contributed by atoms with Crippen molar-refractivity contribution in [1.82, 2.24) is 10.0 Å². The molecule has 1 saturated carbocycles. The molecule has 0 radical (unpaired) electrons. The first-order valence-corrected chi connectivity index (χ1v) is 12.8. The SMILES string of the molecule is O=C(CN1C(=O)COc2ccc(S(=O)(=O)NC3CCCC3)cc21)NCCc1ccc(Cl)cc1. The number of nitrogens with zero attached hydrogens (tertiary/aromatic N) is 1. The van der Waals surface area contributed by atoms with E-state index in [0.29, 0.717) is 23.7 Å². The summed E-state index contributed by atoms with van der Waals surface area (Å²) in [7, 11) is -3.75. The minimum absolute atomic E-state index is 0.0413. The second-order valence-corrected chi connectivity index (χ2v) is 10.4. The van der Waals surface area contributed by atoms with E-state index in [2.05, 4.69) is 10.0 Å². The van der Waals surface area contributed by atoms with E-state index >= 15 is 0 Å². The fourth-order valence-corrected chi connectivity index (χ4v) is 5.50. The molecule has 2 aliphatic rings. The lowest BCUT2D eigenvalue weighted by Crippen LogP contribution is -2.45. The number of sulfonamides is 1. The van der Waals surface area contributed by atoms with E-state index < -0.39 is 15.9 Å². The summed E-state index contributed by atoms with van der Waals surface area (Å²) in [6.45, 7) is -0.0432. The molecule has 33 heavy (non-hydrogen) atoms. The summed E-state index contributed by atoms with van der Waals surface area (Å²) in [4.78, 5) is 26.3. The van der Waals surface area contributed by atoms with Crippen molar-refractivity contribution in [2.75, 3.05) is 24.6 Å². The lowest BCUT2D eigenvalue weighted by atomic mass is 10.1. The normalized spacial score (nSPS) is 16.4. The highest BCUT2D eigenvalue weighted by Crippen LogP contribution is 2.34. The van der Waals surface area contributed by atoms with E-state index in [1.54, 1.807) is 12.1 Å². The molecule has 0 bridgehead atoms. The second kappa shape index (κ2) is 10.1. The number of benzene rings is 2. The van der Waals surface area contributed by atoms with Gasteiger partial charge in [-0.25, -0.2) is 13.1 Å². The predicted octanol–water partition coefficient (Wildman–Crippen LogP) is 2.65. The number of amides is 2. The molecule has 1 aliphatic carbocycles. The van der Waals surface area contributed by atoms with Gasteiger partial charge in [0.2, 0.25) is 15.9 Å². The van der Waals surface area contributed by atoms with Crippen LogP contribution < -0.4 is 19.7 Å². The zero-order valence-electron chi connectivity index (χ0n) is 18.1. The smallest absolute Gasteiger partial charge is 0.265 e. The molecule has 1 fully saturated rings. The van der Waals surface area contributed by atoms with E-state index in [-0.39, 0.29) is 35.7 Å². The third-order valence-electron chi connectivity index (χ3n) is 5.81. The van der Waals surface area contributed by atoms with Gasteiger partial charge in [-0.3, -0.25) is 14.5 Å². The van der Waals surface area contributed by atoms with Gasteiger partial charge in [0.05, 0.1) is 10.6 Å². The van der Waals surface area contributed by atoms with Crippen molar-refractivity contribution >= 4 is 39.1 Å². The van der Waals surface area contributed by atoms with Crippen LogP contribution in [0.3, 0.4) is 0 Å². The molecule has 2 amide bonds. The molecule has 176 valence electrons. The molecule has 2 aromatic carbocycles. The predicted molar refractivity (Wildman–Crippen MR) is 125 cm³/mol. The Hall–Kier alpha value is -2.62. The number of rotatable bonds is 8. The van der Waals surface area contributed by atoms with Crippen molar-refractivity contribution in [2.45, 2.75) is 43.0 Å². The number of carbonyl (C=O) groups excluding carboxylic acids is 2. The number of nitrogens with one attached hydrogen (secondary N) is 2. The van der Waals surface area contributed by atoms with Crippen LogP contribution in [0.25, 0.3) is 0 Å². The Bertz CT molecular complexity index is 1130. The number of carbonyl (C=O) groups is 2. The fourth-order valence-electron chi connectivity index (χ4n) is 4.05. The molecule has 1 heterocycles. The minimum atomic E-state index is -3.75. The molecule has 0 saturated heterocycles. The third-order valence-corrected chi connectivity index (χ3v) is 7.58. The number of hydrogen-bond donors (Lipinski definition) is 2. The van der Waals surface area contributed by atoms with Crippen LogP contribution >= 0.6 is 11.6 Å². The first kappa shape index (κ1) is 23.5. The van der Waals surface area contributed by atoms with Crippen LogP contribution in [-0.2, 0) is 26.0 Å². The van der Waals surface area contributed by atoms with Crippen LogP contribution in [-0.4, -0.2) is 46.0 Å². The molecular weight excluding hydrogens is 466 g/mol. The minimum Gasteiger partial charge on any atom is -0.482 e. The van der Waals surface area contributed by atoms with E-state index in [0.717, 1.165) is 31.2 Å². The van der Waals surface area contributed by atoms with Gasteiger partial charge in [-0.1, -0.05) is 36.6 Å². The Balaban J connectivity index is 1.43. The molecule has 0 aromatic heterocycles. The summed E-state index contributed by atoms with van der Waals surface area (Å²) in [6.07, 6.45) is 4.25. The Morgan fingerprint density at radius 2 is 1.85 bits per heavy atom. The maximum Gasteiger partial charge on any atom is 0.265 e. The average molecular weight is 492 g/mol. The van der Waals surface area contributed by atoms with Crippen molar-refractivity contribution in [2.24, 2.45) is 0 Å². The van der Waals surface area contributed by atoms with Crippen molar-refractivity contribution in [1.29, 1.82) is 0 Å². The molecule has 2 N–H and O–H groups in total. The van der Waals surface area contributed by atoms with Gasteiger partial charge < -0.3 is 10.1 Å². The second-order valence-electron chi connectivity index (χ2n) is 8.23. The summed E-state index contributed by atoms with van der Waals surface area (Å²) >= 11 is 5.88. The summed E-state index contributed by atoms with van der Waals surface area (Å²) in [5, 5.41) is 3.45. The maximum atomic E-state index is 12.8. The van der Waals surface area contributed by atoms with Gasteiger partial charge in [0.15, 0.2) is 6.61 Å². The molecule has 10 heteroatoms. The highest BCUT2D eigenvalue weighted by atomic mass is 35.5. The van der Waals surface area contributed by atoms with E-state index in [1.165, 1.54) is 23.1 Å². The molecule has 4 rings (SSSR count). The van der Waals surface area contributed by atoms with Crippen molar-refractivity contribution in [3.63, 3.8) is 0 Å². The molecule has 1 aliphatic heterocycles. The zero-order chi connectivity index (χ0) is 23.4. The standard InChI is InChI=1S/C23H26ClN3O5S/c24-17-7-5-16(6-8-17)11-12-25-22(28)14-27-20-13-19(9-10-21(20)32-15-23(27)29)33(30,31)26-18-3-1-2-4-18/h5-10,13,18,26H,1-4,11-12,14-15H2,(H,25,28).